The normalized spacial score (nSPS) is 11.6. The number of ketones is 1. The summed E-state index contributed by atoms with van der Waals surface area (Å²) in [7, 11) is 0. The first-order valence-electron chi connectivity index (χ1n) is 11.5. The third kappa shape index (κ3) is 5.75. The maximum atomic E-state index is 13.3. The van der Waals surface area contributed by atoms with E-state index in [4.69, 9.17) is 9.47 Å². The van der Waals surface area contributed by atoms with Crippen LogP contribution in [0, 0.1) is 6.92 Å². The predicted molar refractivity (Wildman–Crippen MR) is 141 cm³/mol. The molecule has 0 aliphatic carbocycles. The van der Waals surface area contributed by atoms with E-state index in [2.05, 4.69) is 10.3 Å². The Kier molecular flexibility index (Phi) is 7.78. The molecule has 1 N–H and O–H groups in total. The monoisotopic (exact) mass is 519 g/mol. The zero-order valence-electron chi connectivity index (χ0n) is 20.5. The molecule has 0 aliphatic heterocycles. The third-order valence-corrected chi connectivity index (χ3v) is 6.90. The van der Waals surface area contributed by atoms with Gasteiger partial charge in [-0.1, -0.05) is 30.3 Å². The van der Waals surface area contributed by atoms with Crippen molar-refractivity contribution in [1.82, 2.24) is 9.55 Å². The molecular weight excluding hydrogens is 494 g/mol. The van der Waals surface area contributed by atoms with Crippen molar-refractivity contribution in [2.24, 2.45) is 0 Å². The number of aryl methyl sites for hydroxylation is 1. The van der Waals surface area contributed by atoms with Crippen molar-refractivity contribution >= 4 is 44.9 Å². The lowest BCUT2D eigenvalue weighted by atomic mass is 10.1. The Morgan fingerprint density at radius 1 is 1.08 bits per heavy atom. The number of ether oxygens (including phenoxy) is 2. The Morgan fingerprint density at radius 2 is 1.84 bits per heavy atom. The van der Waals surface area contributed by atoms with Crippen LogP contribution in [0.4, 0.5) is 5.69 Å². The van der Waals surface area contributed by atoms with Crippen molar-refractivity contribution in [1.29, 1.82) is 0 Å². The number of hydrogen-bond acceptors (Lipinski definition) is 8. The van der Waals surface area contributed by atoms with E-state index in [-0.39, 0.29) is 29.3 Å². The molecule has 0 fully saturated rings. The average Bonchev–Trinajstić information content (AvgIpc) is 3.24. The van der Waals surface area contributed by atoms with Crippen LogP contribution < -0.4 is 15.6 Å². The molecule has 2 aromatic carbocycles. The standard InChI is InChI=1S/C27H25N3O6S/c1-16-22-25(37-23(16)27(34)36-13-12-35-21-10-5-4-6-11-21)28-15-30(26(22)33)17(2)24(32)29-20-9-7-8-19(14-20)18(3)31/h4-11,14-15,17H,12-13H2,1-3H3,(H,29,32). The van der Waals surface area contributed by atoms with Crippen LogP contribution in [0.15, 0.2) is 65.7 Å². The van der Waals surface area contributed by atoms with Gasteiger partial charge < -0.3 is 14.8 Å². The first-order chi connectivity index (χ1) is 17.8. The molecule has 1 amide bonds. The number of nitrogens with zero attached hydrogens (tertiary/aromatic N) is 2. The number of para-hydroxylation sites is 1. The molecule has 0 aliphatic rings. The number of carbonyl (C=O) groups is 3. The Bertz CT molecular complexity index is 1530. The zero-order valence-corrected chi connectivity index (χ0v) is 21.3. The summed E-state index contributed by atoms with van der Waals surface area (Å²) in [6.45, 7) is 4.90. The SMILES string of the molecule is CC(=O)c1cccc(NC(=O)C(C)n2cnc3sc(C(=O)OCCOc4ccccc4)c(C)c3c2=O)c1. The van der Waals surface area contributed by atoms with Gasteiger partial charge in [-0.3, -0.25) is 19.0 Å². The van der Waals surface area contributed by atoms with Gasteiger partial charge in [0.2, 0.25) is 5.91 Å². The van der Waals surface area contributed by atoms with Gasteiger partial charge >= 0.3 is 5.97 Å². The number of benzene rings is 2. The summed E-state index contributed by atoms with van der Waals surface area (Å²) < 4.78 is 12.1. The van der Waals surface area contributed by atoms with Crippen molar-refractivity contribution in [3.05, 3.63) is 87.3 Å². The molecule has 37 heavy (non-hydrogen) atoms. The summed E-state index contributed by atoms with van der Waals surface area (Å²) in [5, 5.41) is 2.99. The number of fused-ring (bicyclic) bond motifs is 1. The molecule has 2 heterocycles. The summed E-state index contributed by atoms with van der Waals surface area (Å²) in [6, 6.07) is 14.8. The molecule has 4 rings (SSSR count). The molecule has 0 radical (unpaired) electrons. The number of carbonyl (C=O) groups excluding carboxylic acids is 3. The number of thiophene rings is 1. The van der Waals surface area contributed by atoms with Gasteiger partial charge in [-0.2, -0.15) is 0 Å². The minimum Gasteiger partial charge on any atom is -0.490 e. The number of rotatable bonds is 9. The van der Waals surface area contributed by atoms with E-state index in [9.17, 15) is 19.2 Å². The number of hydrogen-bond donors (Lipinski definition) is 1. The van der Waals surface area contributed by atoms with Crippen molar-refractivity contribution in [2.75, 3.05) is 18.5 Å². The molecule has 9 nitrogen and oxygen atoms in total. The number of esters is 1. The number of Topliss-reactive ketones (excluding diaryl/α,β-unsaturated/α-hetero) is 1. The highest BCUT2D eigenvalue weighted by atomic mass is 32.1. The van der Waals surface area contributed by atoms with Crippen LogP contribution in [0.2, 0.25) is 0 Å². The zero-order chi connectivity index (χ0) is 26.5. The van der Waals surface area contributed by atoms with Gasteiger partial charge in [0.05, 0.1) is 11.7 Å². The predicted octanol–water partition coefficient (Wildman–Crippen LogP) is 4.40. The first-order valence-corrected chi connectivity index (χ1v) is 12.3. The molecule has 1 atom stereocenters. The minimum atomic E-state index is -0.893. The second-order valence-corrected chi connectivity index (χ2v) is 9.29. The van der Waals surface area contributed by atoms with E-state index in [0.717, 1.165) is 11.3 Å². The fourth-order valence-electron chi connectivity index (χ4n) is 3.67. The van der Waals surface area contributed by atoms with Gasteiger partial charge in [-0.05, 0) is 50.6 Å². The molecule has 0 saturated heterocycles. The maximum absolute atomic E-state index is 13.3. The Morgan fingerprint density at radius 3 is 2.57 bits per heavy atom. The van der Waals surface area contributed by atoms with E-state index in [1.807, 2.05) is 18.2 Å². The van der Waals surface area contributed by atoms with Gasteiger partial charge in [0.15, 0.2) is 5.78 Å². The van der Waals surface area contributed by atoms with E-state index >= 15 is 0 Å². The number of aromatic nitrogens is 2. The topological polar surface area (TPSA) is 117 Å². The molecule has 10 heteroatoms. The van der Waals surface area contributed by atoms with Crippen molar-refractivity contribution in [2.45, 2.75) is 26.8 Å². The molecule has 0 saturated carbocycles. The molecule has 0 spiro atoms. The van der Waals surface area contributed by atoms with Crippen molar-refractivity contribution in [3.8, 4) is 5.75 Å². The van der Waals surface area contributed by atoms with Gasteiger partial charge in [-0.25, -0.2) is 9.78 Å². The van der Waals surface area contributed by atoms with Crippen LogP contribution in [-0.4, -0.2) is 40.4 Å². The average molecular weight is 520 g/mol. The lowest BCUT2D eigenvalue weighted by Crippen LogP contribution is -2.31. The highest BCUT2D eigenvalue weighted by Gasteiger charge is 2.24. The number of amides is 1. The quantitative estimate of drug-likeness (QED) is 0.198. The fourth-order valence-corrected chi connectivity index (χ4v) is 4.71. The van der Waals surface area contributed by atoms with Crippen molar-refractivity contribution < 1.29 is 23.9 Å². The second-order valence-electron chi connectivity index (χ2n) is 8.29. The smallest absolute Gasteiger partial charge is 0.348 e. The summed E-state index contributed by atoms with van der Waals surface area (Å²) in [4.78, 5) is 55.4. The highest BCUT2D eigenvalue weighted by Crippen LogP contribution is 2.28. The fraction of sp³-hybridized carbons (Fsp3) is 0.222. The second kappa shape index (κ2) is 11.2. The number of nitrogens with one attached hydrogen (secondary N) is 1. The van der Waals surface area contributed by atoms with Crippen molar-refractivity contribution in [3.63, 3.8) is 0 Å². The minimum absolute atomic E-state index is 0.0428. The molecule has 2 aromatic heterocycles. The Hall–Kier alpha value is -4.31. The summed E-state index contributed by atoms with van der Waals surface area (Å²) >= 11 is 1.06. The van der Waals surface area contributed by atoms with E-state index in [0.29, 0.717) is 27.4 Å². The van der Waals surface area contributed by atoms with Crippen LogP contribution in [-0.2, 0) is 9.53 Å². The van der Waals surface area contributed by atoms with Crippen LogP contribution in [0.3, 0.4) is 0 Å². The molecule has 0 bridgehead atoms. The molecular formula is C27H25N3O6S. The molecule has 190 valence electrons. The first kappa shape index (κ1) is 25.8. The van der Waals surface area contributed by atoms with Gasteiger partial charge in [-0.15, -0.1) is 11.3 Å². The maximum Gasteiger partial charge on any atom is 0.348 e. The van der Waals surface area contributed by atoms with Gasteiger partial charge in [0.1, 0.15) is 34.7 Å². The van der Waals surface area contributed by atoms with E-state index in [1.165, 1.54) is 17.8 Å². The summed E-state index contributed by atoms with van der Waals surface area (Å²) in [5.74, 6) is -0.471. The largest absolute Gasteiger partial charge is 0.490 e. The molecule has 1 unspecified atom stereocenters. The van der Waals surface area contributed by atoms with Crippen LogP contribution in [0.1, 0.15) is 45.5 Å². The Balaban J connectivity index is 1.48. The third-order valence-electron chi connectivity index (χ3n) is 5.72. The summed E-state index contributed by atoms with van der Waals surface area (Å²) in [5.41, 5.74) is 0.915. The van der Waals surface area contributed by atoms with Gasteiger partial charge in [0.25, 0.3) is 5.56 Å². The van der Waals surface area contributed by atoms with Gasteiger partial charge in [0, 0.05) is 11.3 Å². The van der Waals surface area contributed by atoms with E-state index in [1.54, 1.807) is 50.2 Å². The summed E-state index contributed by atoms with van der Waals surface area (Å²) in [6.07, 6.45) is 1.29. The lowest BCUT2D eigenvalue weighted by molar-refractivity contribution is -0.118. The van der Waals surface area contributed by atoms with Crippen LogP contribution >= 0.6 is 11.3 Å². The van der Waals surface area contributed by atoms with Crippen LogP contribution in [0.5, 0.6) is 5.75 Å². The molecule has 4 aromatic rings. The number of anilines is 1. The lowest BCUT2D eigenvalue weighted by Gasteiger charge is -2.15. The van der Waals surface area contributed by atoms with E-state index < -0.39 is 23.5 Å². The van der Waals surface area contributed by atoms with Crippen LogP contribution in [0.25, 0.3) is 10.2 Å². The highest BCUT2D eigenvalue weighted by molar-refractivity contribution is 7.20. The Labute approximate surface area is 216 Å².